The number of benzene rings is 1. The molecule has 3 N–H and O–H groups in total. The van der Waals surface area contributed by atoms with Crippen LogP contribution in [-0.4, -0.2) is 24.0 Å². The minimum atomic E-state index is 0. The summed E-state index contributed by atoms with van der Waals surface area (Å²) in [5, 5.41) is 3.14. The molecule has 2 aromatic rings. The van der Waals surface area contributed by atoms with Gasteiger partial charge in [-0.25, -0.2) is 9.98 Å². The molecule has 6 heteroatoms. The molecule has 0 aliphatic carbocycles. The monoisotopic (exact) mass is 451 g/mol. The van der Waals surface area contributed by atoms with E-state index in [-0.39, 0.29) is 24.0 Å². The minimum Gasteiger partial charge on any atom is -0.370 e. The van der Waals surface area contributed by atoms with E-state index in [4.69, 9.17) is 5.73 Å². The Kier molecular flexibility index (Phi) is 7.49. The molecule has 1 aromatic carbocycles. The number of nitrogens with zero attached hydrogens (tertiary/aromatic N) is 3. The van der Waals surface area contributed by atoms with E-state index in [1.54, 1.807) is 0 Å². The molecule has 0 spiro atoms. The second kappa shape index (κ2) is 9.60. The zero-order chi connectivity index (χ0) is 16.8. The molecule has 0 saturated carbocycles. The zero-order valence-corrected chi connectivity index (χ0v) is 16.9. The Morgan fingerprint density at radius 2 is 2.00 bits per heavy atom. The van der Waals surface area contributed by atoms with Gasteiger partial charge in [0.05, 0.1) is 6.54 Å². The summed E-state index contributed by atoms with van der Waals surface area (Å²) in [5.41, 5.74) is 9.29. The highest BCUT2D eigenvalue weighted by atomic mass is 127. The first-order valence-corrected chi connectivity index (χ1v) is 8.60. The molecule has 0 amide bonds. The first-order chi connectivity index (χ1) is 11.7. The summed E-state index contributed by atoms with van der Waals surface area (Å²) in [5.74, 6) is 1.48. The van der Waals surface area contributed by atoms with E-state index in [2.05, 4.69) is 51.4 Å². The smallest absolute Gasteiger partial charge is 0.193 e. The first kappa shape index (κ1) is 19.5. The summed E-state index contributed by atoms with van der Waals surface area (Å²) in [6, 6.07) is 12.4. The van der Waals surface area contributed by atoms with Crippen LogP contribution in [0.25, 0.3) is 0 Å². The highest BCUT2D eigenvalue weighted by Crippen LogP contribution is 2.17. The number of anilines is 2. The second-order valence-corrected chi connectivity index (χ2v) is 6.10. The Morgan fingerprint density at radius 3 is 2.68 bits per heavy atom. The lowest BCUT2D eigenvalue weighted by molar-refractivity contribution is 0.929. The fourth-order valence-corrected chi connectivity index (χ4v) is 2.88. The third-order valence-corrected chi connectivity index (χ3v) is 4.28. The molecule has 2 heterocycles. The fourth-order valence-electron chi connectivity index (χ4n) is 2.88. The molecule has 1 aliphatic rings. The lowest BCUT2D eigenvalue weighted by atomic mass is 10.1. The Balaban J connectivity index is 0.00000225. The van der Waals surface area contributed by atoms with E-state index in [1.165, 1.54) is 18.4 Å². The van der Waals surface area contributed by atoms with Crippen molar-refractivity contribution in [1.29, 1.82) is 0 Å². The van der Waals surface area contributed by atoms with Crippen molar-refractivity contribution < 1.29 is 0 Å². The van der Waals surface area contributed by atoms with E-state index in [1.807, 2.05) is 18.3 Å². The summed E-state index contributed by atoms with van der Waals surface area (Å²) >= 11 is 0. The lowest BCUT2D eigenvalue weighted by Crippen LogP contribution is -2.22. The summed E-state index contributed by atoms with van der Waals surface area (Å²) < 4.78 is 0. The van der Waals surface area contributed by atoms with Crippen molar-refractivity contribution in [2.75, 3.05) is 23.3 Å². The molecular weight excluding hydrogens is 425 g/mol. The van der Waals surface area contributed by atoms with Gasteiger partial charge in [0.25, 0.3) is 0 Å². The molecule has 1 aromatic heterocycles. The first-order valence-electron chi connectivity index (χ1n) is 8.60. The Hall–Kier alpha value is -1.83. The third-order valence-electron chi connectivity index (χ3n) is 4.28. The number of guanidine groups is 1. The molecule has 0 atom stereocenters. The van der Waals surface area contributed by atoms with Gasteiger partial charge in [-0.2, -0.15) is 0 Å². The van der Waals surface area contributed by atoms with Gasteiger partial charge in [-0.15, -0.1) is 24.0 Å². The highest BCUT2D eigenvalue weighted by Gasteiger charge is 2.12. The summed E-state index contributed by atoms with van der Waals surface area (Å²) in [6.45, 7) is 4.88. The van der Waals surface area contributed by atoms with Crippen LogP contribution >= 0.6 is 24.0 Å². The molecule has 25 heavy (non-hydrogen) atoms. The average Bonchev–Trinajstić information content (AvgIpc) is 3.15. The van der Waals surface area contributed by atoms with E-state index in [0.717, 1.165) is 36.6 Å². The quantitative estimate of drug-likeness (QED) is 0.413. The van der Waals surface area contributed by atoms with Gasteiger partial charge in [0, 0.05) is 25.0 Å². The lowest BCUT2D eigenvalue weighted by Gasteiger charge is -2.16. The summed E-state index contributed by atoms with van der Waals surface area (Å²) in [7, 11) is 0. The van der Waals surface area contributed by atoms with Crippen LogP contribution in [0.1, 0.15) is 30.9 Å². The summed E-state index contributed by atoms with van der Waals surface area (Å²) in [6.07, 6.45) is 5.41. The second-order valence-electron chi connectivity index (χ2n) is 6.10. The molecule has 1 aliphatic heterocycles. The molecule has 0 bridgehead atoms. The largest absolute Gasteiger partial charge is 0.370 e. The maximum Gasteiger partial charge on any atom is 0.193 e. The molecule has 134 valence electrons. The standard InChI is InChI=1S/C19H25N5.HI/c1-2-15-6-5-7-17(12-15)23-19(20)22-14-16-8-9-18(21-13-16)24-10-3-4-11-24;/h5-9,12-13H,2-4,10-11,14H2,1H3,(H3,20,22,23);1H. The Morgan fingerprint density at radius 1 is 1.20 bits per heavy atom. The number of nitrogens with two attached hydrogens (primary N) is 1. The van der Waals surface area contributed by atoms with Crippen LogP contribution in [0.15, 0.2) is 47.6 Å². The molecule has 0 radical (unpaired) electrons. The van der Waals surface area contributed by atoms with Crippen LogP contribution in [0.3, 0.4) is 0 Å². The van der Waals surface area contributed by atoms with Crippen molar-refractivity contribution in [2.24, 2.45) is 10.7 Å². The number of aliphatic imine (C=N–C) groups is 1. The van der Waals surface area contributed by atoms with Gasteiger partial charge in [0.15, 0.2) is 5.96 Å². The SMILES string of the molecule is CCc1cccc(NC(N)=NCc2ccc(N3CCCC3)nc2)c1.I. The van der Waals surface area contributed by atoms with Crippen molar-refractivity contribution in [3.8, 4) is 0 Å². The molecule has 0 unspecified atom stereocenters. The van der Waals surface area contributed by atoms with Crippen molar-refractivity contribution in [3.05, 3.63) is 53.7 Å². The van der Waals surface area contributed by atoms with Crippen molar-refractivity contribution in [1.82, 2.24) is 4.98 Å². The van der Waals surface area contributed by atoms with Gasteiger partial charge in [-0.05, 0) is 48.6 Å². The number of halogens is 1. The van der Waals surface area contributed by atoms with Crippen LogP contribution in [0.5, 0.6) is 0 Å². The van der Waals surface area contributed by atoms with Crippen molar-refractivity contribution in [2.45, 2.75) is 32.7 Å². The topological polar surface area (TPSA) is 66.5 Å². The van der Waals surface area contributed by atoms with Crippen molar-refractivity contribution >= 4 is 41.4 Å². The average molecular weight is 451 g/mol. The van der Waals surface area contributed by atoms with E-state index < -0.39 is 0 Å². The number of hydrogen-bond acceptors (Lipinski definition) is 3. The fraction of sp³-hybridized carbons (Fsp3) is 0.368. The number of hydrogen-bond donors (Lipinski definition) is 2. The number of nitrogens with one attached hydrogen (secondary N) is 1. The highest BCUT2D eigenvalue weighted by molar-refractivity contribution is 14.0. The van der Waals surface area contributed by atoms with Gasteiger partial charge in [-0.3, -0.25) is 0 Å². The van der Waals surface area contributed by atoms with E-state index in [0.29, 0.717) is 12.5 Å². The van der Waals surface area contributed by atoms with Crippen LogP contribution in [-0.2, 0) is 13.0 Å². The minimum absolute atomic E-state index is 0. The predicted octanol–water partition coefficient (Wildman–Crippen LogP) is 3.79. The predicted molar refractivity (Wildman–Crippen MR) is 116 cm³/mol. The molecule has 1 fully saturated rings. The van der Waals surface area contributed by atoms with Crippen molar-refractivity contribution in [3.63, 3.8) is 0 Å². The number of pyridine rings is 1. The number of aromatic nitrogens is 1. The molecule has 5 nitrogen and oxygen atoms in total. The van der Waals surface area contributed by atoms with Gasteiger partial charge in [-0.1, -0.05) is 25.1 Å². The molecule has 3 rings (SSSR count). The van der Waals surface area contributed by atoms with Gasteiger partial charge >= 0.3 is 0 Å². The Bertz CT molecular complexity index is 693. The van der Waals surface area contributed by atoms with Crippen LogP contribution in [0, 0.1) is 0 Å². The van der Waals surface area contributed by atoms with Crippen LogP contribution < -0.4 is 16.0 Å². The Labute approximate surface area is 166 Å². The summed E-state index contributed by atoms with van der Waals surface area (Å²) in [4.78, 5) is 11.3. The van der Waals surface area contributed by atoms with Crippen LogP contribution in [0.4, 0.5) is 11.5 Å². The third kappa shape index (κ3) is 5.59. The maximum atomic E-state index is 5.98. The maximum absolute atomic E-state index is 5.98. The molecule has 1 saturated heterocycles. The zero-order valence-electron chi connectivity index (χ0n) is 14.6. The molecular formula is C19H26IN5. The van der Waals surface area contributed by atoms with E-state index >= 15 is 0 Å². The normalized spacial score (nSPS) is 14.3. The van der Waals surface area contributed by atoms with Gasteiger partial charge in [0.1, 0.15) is 5.82 Å². The van der Waals surface area contributed by atoms with Gasteiger partial charge < -0.3 is 16.0 Å². The number of rotatable bonds is 5. The number of aryl methyl sites for hydroxylation is 1. The van der Waals surface area contributed by atoms with E-state index in [9.17, 15) is 0 Å². The van der Waals surface area contributed by atoms with Gasteiger partial charge in [0.2, 0.25) is 0 Å². The van der Waals surface area contributed by atoms with Crippen LogP contribution in [0.2, 0.25) is 0 Å².